The molecule has 0 atom stereocenters. The quantitative estimate of drug-likeness (QED) is 0.619. The van der Waals surface area contributed by atoms with Crippen LogP contribution in [0.3, 0.4) is 0 Å². The lowest BCUT2D eigenvalue weighted by atomic mass is 10.1. The molecule has 78 valence electrons. The highest BCUT2D eigenvalue weighted by Gasteiger charge is 1.88. The lowest BCUT2D eigenvalue weighted by Crippen LogP contribution is -1.83. The third-order valence-electron chi connectivity index (χ3n) is 1.90. The summed E-state index contributed by atoms with van der Waals surface area (Å²) in [5.41, 5.74) is 0. The predicted molar refractivity (Wildman–Crippen MR) is 55.3 cm³/mol. The summed E-state index contributed by atoms with van der Waals surface area (Å²) in [6.45, 7) is 2.60. The van der Waals surface area contributed by atoms with Gasteiger partial charge >= 0.3 is 0 Å². The van der Waals surface area contributed by atoms with E-state index in [0.717, 1.165) is 6.42 Å². The second-order valence-corrected chi connectivity index (χ2v) is 3.25. The molecule has 1 heterocycles. The fraction of sp³-hybridized carbons (Fsp3) is 0.818. The van der Waals surface area contributed by atoms with E-state index in [4.69, 9.17) is 5.11 Å². The lowest BCUT2D eigenvalue weighted by molar-refractivity contribution is 0.282. The highest BCUT2D eigenvalue weighted by Crippen LogP contribution is 2.05. The summed E-state index contributed by atoms with van der Waals surface area (Å²) >= 11 is 0. The van der Waals surface area contributed by atoms with Gasteiger partial charge in [0.15, 0.2) is 0 Å². The highest BCUT2D eigenvalue weighted by atomic mass is 16.5. The van der Waals surface area contributed by atoms with Gasteiger partial charge in [-0.15, -0.1) is 0 Å². The molecular formula is C11H22O2. The van der Waals surface area contributed by atoms with Crippen LogP contribution in [-0.2, 0) is 4.74 Å². The summed E-state index contributed by atoms with van der Waals surface area (Å²) in [7, 11) is 0. The van der Waals surface area contributed by atoms with Gasteiger partial charge in [0, 0.05) is 6.61 Å². The first-order chi connectivity index (χ1) is 6.41. The molecule has 0 fully saturated rings. The molecule has 1 rings (SSSR count). The molecule has 0 radical (unpaired) electrons. The fourth-order valence-corrected chi connectivity index (χ4v) is 1.07. The van der Waals surface area contributed by atoms with Gasteiger partial charge in [-0.05, 0) is 6.42 Å². The average molecular weight is 186 g/mol. The molecule has 1 N–H and O–H groups in total. The minimum atomic E-state index is 0.369. The minimum Gasteiger partial charge on any atom is -0.466 e. The Labute approximate surface area is 81.6 Å². The number of hydrogen-bond donors (Lipinski definition) is 1. The summed E-state index contributed by atoms with van der Waals surface area (Å²) in [5.74, 6) is 0. The first-order valence-corrected chi connectivity index (χ1v) is 5.33. The van der Waals surface area contributed by atoms with Gasteiger partial charge in [0.2, 0.25) is 0 Å². The third kappa shape index (κ3) is 18.5. The number of hydrogen-bond acceptors (Lipinski definition) is 2. The van der Waals surface area contributed by atoms with Gasteiger partial charge in [-0.1, -0.05) is 45.4 Å². The van der Waals surface area contributed by atoms with Crippen LogP contribution in [0.4, 0.5) is 0 Å². The normalized spacial score (nSPS) is 11.5. The zero-order chi connectivity index (χ0) is 9.78. The first-order valence-electron chi connectivity index (χ1n) is 5.33. The molecule has 0 saturated heterocycles. The average Bonchev–Trinajstić information content (AvgIpc) is 2.98. The van der Waals surface area contributed by atoms with Crippen molar-refractivity contribution >= 4 is 0 Å². The molecule has 0 aliphatic carbocycles. The van der Waals surface area contributed by atoms with Crippen LogP contribution in [0, 0.1) is 0 Å². The molecule has 0 aromatic rings. The fourth-order valence-electron chi connectivity index (χ4n) is 1.07. The Morgan fingerprint density at radius 2 is 1.38 bits per heavy atom. The second kappa shape index (κ2) is 11.5. The van der Waals surface area contributed by atoms with Crippen molar-refractivity contribution in [2.24, 2.45) is 0 Å². The largest absolute Gasteiger partial charge is 0.466 e. The zero-order valence-electron chi connectivity index (χ0n) is 8.67. The Bertz CT molecular complexity index is 98.7. The van der Waals surface area contributed by atoms with E-state index >= 15 is 0 Å². The van der Waals surface area contributed by atoms with Crippen molar-refractivity contribution in [2.75, 3.05) is 6.61 Å². The van der Waals surface area contributed by atoms with E-state index in [1.54, 1.807) is 12.5 Å². The standard InChI is InChI=1S/C9H20O.C2H2O/c1-2-3-4-5-6-7-8-9-10;1-2-3-1/h10H,2-9H2,1H3;1-2H. The number of aliphatic hydroxyl groups is 1. The van der Waals surface area contributed by atoms with Crippen molar-refractivity contribution in [1.29, 1.82) is 0 Å². The van der Waals surface area contributed by atoms with Crippen LogP contribution in [0.15, 0.2) is 12.5 Å². The van der Waals surface area contributed by atoms with E-state index in [9.17, 15) is 0 Å². The second-order valence-electron chi connectivity index (χ2n) is 3.25. The van der Waals surface area contributed by atoms with E-state index in [2.05, 4.69) is 11.7 Å². The Balaban J connectivity index is 0.000000396. The van der Waals surface area contributed by atoms with Crippen LogP contribution in [0.5, 0.6) is 0 Å². The molecule has 1 aliphatic heterocycles. The molecule has 0 saturated carbocycles. The van der Waals surface area contributed by atoms with Crippen molar-refractivity contribution in [3.63, 3.8) is 0 Å². The smallest absolute Gasteiger partial charge is 0.125 e. The summed E-state index contributed by atoms with van der Waals surface area (Å²) in [6, 6.07) is 0. The molecule has 0 bridgehead atoms. The molecule has 0 amide bonds. The summed E-state index contributed by atoms with van der Waals surface area (Å²) < 4.78 is 4.25. The van der Waals surface area contributed by atoms with E-state index in [0.29, 0.717) is 6.61 Å². The topological polar surface area (TPSA) is 32.8 Å². The Hall–Kier alpha value is -0.500. The Morgan fingerprint density at radius 3 is 1.77 bits per heavy atom. The van der Waals surface area contributed by atoms with Crippen LogP contribution >= 0.6 is 0 Å². The SMILES string of the molecule is C1=CO1.CCCCCCCCCO. The molecule has 0 aromatic carbocycles. The Morgan fingerprint density at radius 1 is 0.923 bits per heavy atom. The maximum atomic E-state index is 8.47. The van der Waals surface area contributed by atoms with E-state index in [1.807, 2.05) is 0 Å². The number of unbranched alkanes of at least 4 members (excludes halogenated alkanes) is 6. The van der Waals surface area contributed by atoms with Crippen LogP contribution in [-0.4, -0.2) is 11.7 Å². The van der Waals surface area contributed by atoms with Crippen LogP contribution in [0.1, 0.15) is 51.9 Å². The zero-order valence-corrected chi connectivity index (χ0v) is 8.67. The van der Waals surface area contributed by atoms with Crippen molar-refractivity contribution in [3.8, 4) is 0 Å². The van der Waals surface area contributed by atoms with Gasteiger partial charge < -0.3 is 9.84 Å². The summed E-state index contributed by atoms with van der Waals surface area (Å²) in [5, 5.41) is 8.47. The molecule has 2 nitrogen and oxygen atoms in total. The highest BCUT2D eigenvalue weighted by molar-refractivity contribution is 4.76. The molecule has 0 spiro atoms. The minimum absolute atomic E-state index is 0.369. The molecular weight excluding hydrogens is 164 g/mol. The first kappa shape index (κ1) is 12.5. The Kier molecular flexibility index (Phi) is 11.1. The number of rotatable bonds is 7. The number of ether oxygens (including phenoxy) is 1. The molecule has 1 aliphatic rings. The van der Waals surface area contributed by atoms with E-state index in [1.165, 1.54) is 38.5 Å². The maximum absolute atomic E-state index is 8.47. The van der Waals surface area contributed by atoms with Gasteiger partial charge in [0.25, 0.3) is 0 Å². The van der Waals surface area contributed by atoms with Crippen molar-refractivity contribution < 1.29 is 9.84 Å². The molecule has 13 heavy (non-hydrogen) atoms. The van der Waals surface area contributed by atoms with Gasteiger partial charge in [0.1, 0.15) is 12.5 Å². The monoisotopic (exact) mass is 186 g/mol. The maximum Gasteiger partial charge on any atom is 0.125 e. The van der Waals surface area contributed by atoms with Crippen LogP contribution < -0.4 is 0 Å². The summed E-state index contributed by atoms with van der Waals surface area (Å²) in [6.07, 6.45) is 12.2. The number of aliphatic hydroxyl groups excluding tert-OH is 1. The lowest BCUT2D eigenvalue weighted by Gasteiger charge is -1.97. The van der Waals surface area contributed by atoms with E-state index in [-0.39, 0.29) is 0 Å². The third-order valence-corrected chi connectivity index (χ3v) is 1.90. The van der Waals surface area contributed by atoms with Crippen LogP contribution in [0.25, 0.3) is 0 Å². The van der Waals surface area contributed by atoms with Crippen LogP contribution in [0.2, 0.25) is 0 Å². The predicted octanol–water partition coefficient (Wildman–Crippen LogP) is 3.22. The van der Waals surface area contributed by atoms with Crippen molar-refractivity contribution in [2.45, 2.75) is 51.9 Å². The summed E-state index contributed by atoms with van der Waals surface area (Å²) in [4.78, 5) is 0. The molecule has 2 heteroatoms. The van der Waals surface area contributed by atoms with E-state index < -0.39 is 0 Å². The van der Waals surface area contributed by atoms with Crippen molar-refractivity contribution in [3.05, 3.63) is 12.5 Å². The van der Waals surface area contributed by atoms with Gasteiger partial charge in [-0.2, -0.15) is 0 Å². The van der Waals surface area contributed by atoms with Gasteiger partial charge in [-0.25, -0.2) is 0 Å². The van der Waals surface area contributed by atoms with Crippen molar-refractivity contribution in [1.82, 2.24) is 0 Å². The van der Waals surface area contributed by atoms with Gasteiger partial charge in [0.05, 0.1) is 0 Å². The molecule has 0 aromatic heterocycles. The van der Waals surface area contributed by atoms with Gasteiger partial charge in [-0.3, -0.25) is 0 Å². The molecule has 0 unspecified atom stereocenters.